The Kier molecular flexibility index (Phi) is 7.86. The number of nitrogens with zero attached hydrogens (tertiary/aromatic N) is 4. The smallest absolute Gasteiger partial charge is 0.407 e. The van der Waals surface area contributed by atoms with Crippen LogP contribution in [-0.4, -0.2) is 56.9 Å². The van der Waals surface area contributed by atoms with Crippen molar-refractivity contribution in [3.05, 3.63) is 65.7 Å². The molecule has 1 N–H and O–H groups in total. The highest BCUT2D eigenvalue weighted by molar-refractivity contribution is 5.67. The average molecular weight is 512 g/mol. The van der Waals surface area contributed by atoms with Crippen molar-refractivity contribution in [1.82, 2.24) is 10.2 Å². The summed E-state index contributed by atoms with van der Waals surface area (Å²) in [5, 5.41) is 22.4. The monoisotopic (exact) mass is 511 g/mol. The van der Waals surface area contributed by atoms with Gasteiger partial charge in [0.15, 0.2) is 0 Å². The molecule has 7 nitrogen and oxygen atoms in total. The number of amides is 1. The number of benzene rings is 2. The van der Waals surface area contributed by atoms with E-state index < -0.39 is 11.5 Å². The first kappa shape index (κ1) is 26.1. The Morgan fingerprint density at radius 2 is 1.74 bits per heavy atom. The van der Waals surface area contributed by atoms with E-state index in [2.05, 4.69) is 39.4 Å². The molecule has 2 aromatic rings. The molecule has 198 valence electrons. The molecule has 0 spiro atoms. The van der Waals surface area contributed by atoms with Crippen molar-refractivity contribution < 1.29 is 9.53 Å². The van der Waals surface area contributed by atoms with Gasteiger partial charge >= 0.3 is 6.09 Å². The van der Waals surface area contributed by atoms with E-state index in [9.17, 15) is 10.1 Å². The summed E-state index contributed by atoms with van der Waals surface area (Å²) in [6.07, 6.45) is 3.97. The van der Waals surface area contributed by atoms with E-state index in [4.69, 9.17) is 10.00 Å². The zero-order valence-corrected chi connectivity index (χ0v) is 22.2. The minimum Gasteiger partial charge on any atom is -0.446 e. The van der Waals surface area contributed by atoms with Crippen molar-refractivity contribution >= 4 is 11.8 Å². The second-order valence-corrected chi connectivity index (χ2v) is 11.1. The van der Waals surface area contributed by atoms with Gasteiger partial charge in [-0.25, -0.2) is 4.79 Å². The topological polar surface area (TPSA) is 92.4 Å². The number of carbonyl (C=O) groups is 1. The minimum atomic E-state index is -0.661. The Morgan fingerprint density at radius 3 is 2.37 bits per heavy atom. The molecule has 1 aliphatic carbocycles. The van der Waals surface area contributed by atoms with Gasteiger partial charge in [-0.1, -0.05) is 30.3 Å². The second-order valence-electron chi connectivity index (χ2n) is 11.1. The number of likely N-dealkylation sites (tertiary alicyclic amines) is 1. The summed E-state index contributed by atoms with van der Waals surface area (Å²) in [5.74, 6) is 0.857. The number of anilines is 1. The molecule has 0 bridgehead atoms. The molecule has 38 heavy (non-hydrogen) atoms. The highest BCUT2D eigenvalue weighted by atomic mass is 16.6. The number of piperidine rings is 1. The third kappa shape index (κ3) is 5.08. The van der Waals surface area contributed by atoms with Gasteiger partial charge < -0.3 is 19.9 Å². The largest absolute Gasteiger partial charge is 0.446 e. The molecule has 2 aromatic carbocycles. The van der Waals surface area contributed by atoms with Gasteiger partial charge in [0.25, 0.3) is 0 Å². The summed E-state index contributed by atoms with van der Waals surface area (Å²) in [5.41, 5.74) is 2.29. The van der Waals surface area contributed by atoms with Gasteiger partial charge in [-0.3, -0.25) is 0 Å². The number of ether oxygens (including phenoxy) is 1. The van der Waals surface area contributed by atoms with E-state index in [1.807, 2.05) is 42.5 Å². The number of hydrogen-bond acceptors (Lipinski definition) is 6. The van der Waals surface area contributed by atoms with E-state index in [1.165, 1.54) is 5.69 Å². The third-order valence-electron chi connectivity index (χ3n) is 9.00. The number of carbonyl (C=O) groups excluding carboxylic acids is 1. The molecule has 0 radical (unpaired) electrons. The SMILES string of the molecule is CNC(=O)O[C@H]1CCC[C@@H]1[C@](C#N)(c1ccccc1)C1CCN(CC2CN(c3ccc(C#N)cc3)C2)CC1. The maximum Gasteiger partial charge on any atom is 0.407 e. The number of hydrogen-bond donors (Lipinski definition) is 1. The lowest BCUT2D eigenvalue weighted by atomic mass is 9.59. The van der Waals surface area contributed by atoms with Crippen molar-refractivity contribution in [1.29, 1.82) is 10.5 Å². The lowest BCUT2D eigenvalue weighted by Crippen LogP contribution is -2.54. The average Bonchev–Trinajstić information content (AvgIpc) is 3.41. The van der Waals surface area contributed by atoms with Gasteiger partial charge in [-0.2, -0.15) is 10.5 Å². The lowest BCUT2D eigenvalue weighted by Gasteiger charge is -2.47. The van der Waals surface area contributed by atoms with Crippen LogP contribution in [0.1, 0.15) is 43.2 Å². The Morgan fingerprint density at radius 1 is 1.03 bits per heavy atom. The second kappa shape index (κ2) is 11.5. The van der Waals surface area contributed by atoms with Crippen LogP contribution in [0.4, 0.5) is 10.5 Å². The Bertz CT molecular complexity index is 1170. The first-order chi connectivity index (χ1) is 18.6. The van der Waals surface area contributed by atoms with Gasteiger partial charge in [-0.05, 0) is 80.9 Å². The molecule has 3 atom stereocenters. The number of nitrogens with one attached hydrogen (secondary N) is 1. The Balaban J connectivity index is 1.24. The van der Waals surface area contributed by atoms with Crippen LogP contribution < -0.4 is 10.2 Å². The van der Waals surface area contributed by atoms with Crippen LogP contribution >= 0.6 is 0 Å². The molecule has 7 heteroatoms. The summed E-state index contributed by atoms with van der Waals surface area (Å²) < 4.78 is 5.82. The molecule has 0 unspecified atom stereocenters. The van der Waals surface area contributed by atoms with E-state index in [1.54, 1.807) is 7.05 Å². The molecule has 1 saturated carbocycles. The van der Waals surface area contributed by atoms with Gasteiger partial charge in [0.05, 0.1) is 23.1 Å². The first-order valence-corrected chi connectivity index (χ1v) is 13.9. The fourth-order valence-corrected chi connectivity index (χ4v) is 7.07. The van der Waals surface area contributed by atoms with Gasteiger partial charge in [0.1, 0.15) is 6.10 Å². The highest BCUT2D eigenvalue weighted by Crippen LogP contribution is 2.51. The molecule has 2 heterocycles. The normalized spacial score (nSPS) is 24.0. The predicted octanol–water partition coefficient (Wildman–Crippen LogP) is 4.69. The van der Waals surface area contributed by atoms with Gasteiger partial charge in [0, 0.05) is 44.2 Å². The Hall–Kier alpha value is -3.55. The summed E-state index contributed by atoms with van der Waals surface area (Å²) in [6.45, 7) is 5.14. The molecule has 2 saturated heterocycles. The van der Waals surface area contributed by atoms with E-state index >= 15 is 0 Å². The molecular weight excluding hydrogens is 474 g/mol. The quantitative estimate of drug-likeness (QED) is 0.580. The maximum atomic E-state index is 12.1. The molecule has 1 amide bonds. The summed E-state index contributed by atoms with van der Waals surface area (Å²) >= 11 is 0. The standard InChI is InChI=1S/C31H37N5O2/c1-34-30(37)38-29-9-5-8-28(29)31(22-33,25-6-3-2-4-7-25)26-14-16-35(17-15-26)19-24-20-36(21-24)27-12-10-23(18-32)11-13-27/h2-4,6-7,10-13,24,26,28-29H,5,8-9,14-17,19-21H2,1H3,(H,34,37)/t28-,29-,31+/m0/s1. The maximum absolute atomic E-state index is 12.1. The molecule has 3 fully saturated rings. The Labute approximate surface area is 226 Å². The van der Waals surface area contributed by atoms with Crippen molar-refractivity contribution in [2.45, 2.75) is 43.6 Å². The number of rotatable bonds is 7. The minimum absolute atomic E-state index is 0.00337. The molecular formula is C31H37N5O2. The van der Waals surface area contributed by atoms with Crippen LogP contribution in [0.3, 0.4) is 0 Å². The summed E-state index contributed by atoms with van der Waals surface area (Å²) in [7, 11) is 1.59. The van der Waals surface area contributed by atoms with Crippen LogP contribution in [0.5, 0.6) is 0 Å². The highest BCUT2D eigenvalue weighted by Gasteiger charge is 2.53. The number of nitriles is 2. The van der Waals surface area contributed by atoms with Gasteiger partial charge in [-0.15, -0.1) is 0 Å². The molecule has 3 aliphatic rings. The van der Waals surface area contributed by atoms with E-state index in [0.717, 1.165) is 70.4 Å². The molecule has 5 rings (SSSR count). The molecule has 2 aliphatic heterocycles. The van der Waals surface area contributed by atoms with Crippen LogP contribution in [-0.2, 0) is 10.2 Å². The van der Waals surface area contributed by atoms with Gasteiger partial charge in [0.2, 0.25) is 0 Å². The zero-order valence-electron chi connectivity index (χ0n) is 22.2. The molecule has 0 aromatic heterocycles. The first-order valence-electron chi connectivity index (χ1n) is 13.9. The van der Waals surface area contributed by atoms with Crippen LogP contribution in [0.2, 0.25) is 0 Å². The van der Waals surface area contributed by atoms with Crippen LogP contribution in [0.25, 0.3) is 0 Å². The van der Waals surface area contributed by atoms with E-state index in [0.29, 0.717) is 11.5 Å². The van der Waals surface area contributed by atoms with E-state index in [-0.39, 0.29) is 17.9 Å². The van der Waals surface area contributed by atoms with Crippen molar-refractivity contribution in [3.8, 4) is 12.1 Å². The number of alkyl carbamates (subject to hydrolysis) is 1. The fourth-order valence-electron chi connectivity index (χ4n) is 7.07. The van der Waals surface area contributed by atoms with Crippen LogP contribution in [0, 0.1) is 40.4 Å². The van der Waals surface area contributed by atoms with Crippen LogP contribution in [0.15, 0.2) is 54.6 Å². The summed E-state index contributed by atoms with van der Waals surface area (Å²) in [6, 6.07) is 23.1. The lowest BCUT2D eigenvalue weighted by molar-refractivity contribution is 0.0307. The summed E-state index contributed by atoms with van der Waals surface area (Å²) in [4.78, 5) is 17.1. The zero-order chi connectivity index (χ0) is 26.5. The fraction of sp³-hybridized carbons (Fsp3) is 0.516. The van der Waals surface area contributed by atoms with Crippen molar-refractivity contribution in [3.63, 3.8) is 0 Å². The van der Waals surface area contributed by atoms with Crippen molar-refractivity contribution in [2.75, 3.05) is 44.7 Å². The predicted molar refractivity (Wildman–Crippen MR) is 146 cm³/mol. The van der Waals surface area contributed by atoms with Crippen molar-refractivity contribution in [2.24, 2.45) is 17.8 Å². The third-order valence-corrected chi connectivity index (χ3v) is 9.00.